The quantitative estimate of drug-likeness (QED) is 0.394. The summed E-state index contributed by atoms with van der Waals surface area (Å²) in [4.78, 5) is 57.2. The molecule has 3 aliphatic rings. The lowest BCUT2D eigenvalue weighted by atomic mass is 9.98. The van der Waals surface area contributed by atoms with Crippen molar-refractivity contribution in [2.24, 2.45) is 0 Å². The van der Waals surface area contributed by atoms with E-state index >= 15 is 4.39 Å². The molecule has 2 aliphatic heterocycles. The first-order valence-corrected chi connectivity index (χ1v) is 12.6. The molecule has 2 aromatic heterocycles. The van der Waals surface area contributed by atoms with Crippen molar-refractivity contribution in [3.63, 3.8) is 0 Å². The van der Waals surface area contributed by atoms with Gasteiger partial charge in [-0.05, 0) is 49.5 Å². The minimum Gasteiger partial charge on any atom is -0.477 e. The molecule has 1 saturated heterocycles. The molecule has 2 amide bonds. The number of aromatic carboxylic acids is 1. The number of pyridine rings is 2. The Hall–Kier alpha value is -4.85. The topological polar surface area (TPSA) is 137 Å². The van der Waals surface area contributed by atoms with Crippen LogP contribution >= 0.6 is 0 Å². The summed E-state index contributed by atoms with van der Waals surface area (Å²) in [5, 5.41) is 19.3. The molecule has 1 saturated carbocycles. The number of hydrogen-bond donors (Lipinski definition) is 1. The van der Waals surface area contributed by atoms with Gasteiger partial charge in [-0.2, -0.15) is 5.26 Å². The Kier molecular flexibility index (Phi) is 5.75. The summed E-state index contributed by atoms with van der Waals surface area (Å²) in [6.45, 7) is 0.409. The van der Waals surface area contributed by atoms with Crippen LogP contribution in [0.1, 0.15) is 62.8 Å². The van der Waals surface area contributed by atoms with E-state index in [4.69, 9.17) is 0 Å². The van der Waals surface area contributed by atoms with Gasteiger partial charge in [0.15, 0.2) is 11.6 Å². The van der Waals surface area contributed by atoms with Gasteiger partial charge in [0.25, 0.3) is 11.8 Å². The first kappa shape index (κ1) is 24.5. The average molecular weight is 528 g/mol. The van der Waals surface area contributed by atoms with Gasteiger partial charge in [-0.25, -0.2) is 14.2 Å². The van der Waals surface area contributed by atoms with Crippen molar-refractivity contribution in [1.82, 2.24) is 14.5 Å². The third kappa shape index (κ3) is 4.05. The first-order valence-electron chi connectivity index (χ1n) is 12.6. The van der Waals surface area contributed by atoms with Gasteiger partial charge < -0.3 is 14.6 Å². The third-order valence-corrected chi connectivity index (χ3v) is 7.45. The van der Waals surface area contributed by atoms with Gasteiger partial charge in [-0.1, -0.05) is 12.1 Å². The van der Waals surface area contributed by atoms with Gasteiger partial charge >= 0.3 is 5.97 Å². The van der Waals surface area contributed by atoms with Gasteiger partial charge in [0.2, 0.25) is 5.43 Å². The van der Waals surface area contributed by atoms with Crippen molar-refractivity contribution in [1.29, 1.82) is 5.26 Å². The fourth-order valence-corrected chi connectivity index (χ4v) is 5.31. The minimum absolute atomic E-state index is 0.00500. The normalized spacial score (nSPS) is 18.4. The van der Waals surface area contributed by atoms with E-state index in [1.54, 1.807) is 33.7 Å². The maximum atomic E-state index is 15.4. The Bertz CT molecular complexity index is 1700. The fraction of sp³-hybridized carbons (Fsp3) is 0.286. The lowest BCUT2D eigenvalue weighted by Gasteiger charge is -2.31. The highest BCUT2D eigenvalue weighted by atomic mass is 19.1. The van der Waals surface area contributed by atoms with E-state index in [0.717, 1.165) is 23.8 Å². The molecule has 11 heteroatoms. The summed E-state index contributed by atoms with van der Waals surface area (Å²) < 4.78 is 17.0. The molecule has 0 spiro atoms. The van der Waals surface area contributed by atoms with Gasteiger partial charge in [0.05, 0.1) is 34.7 Å². The number of carboxylic acids is 1. The van der Waals surface area contributed by atoms with E-state index in [1.807, 2.05) is 0 Å². The molecule has 1 N–H and O–H groups in total. The van der Waals surface area contributed by atoms with Crippen LogP contribution in [-0.2, 0) is 0 Å². The highest BCUT2D eigenvalue weighted by Gasteiger charge is 2.36. The van der Waals surface area contributed by atoms with Gasteiger partial charge in [0, 0.05) is 25.3 Å². The predicted molar refractivity (Wildman–Crippen MR) is 137 cm³/mol. The standard InChI is InChI=1S/C28H22FN5O5/c29-22-10-20-23(35)21(28(38)39)14-33(17-7-8-17)24(20)31-25(22)32-9-3-4-15(12-32)16(11-30)13-34-26(36)18-5-1-2-6-19(18)27(34)37/h1-2,5-6,10,14,17H,3-4,7-9,12-13H2,(H,38,39)/b16-15-. The molecule has 3 aromatic rings. The number of aromatic nitrogens is 2. The van der Waals surface area contributed by atoms with E-state index in [0.29, 0.717) is 36.1 Å². The number of nitrogens with zero attached hydrogens (tertiary/aromatic N) is 5. The Morgan fingerprint density at radius 1 is 1.15 bits per heavy atom. The molecule has 1 aliphatic carbocycles. The number of amides is 2. The third-order valence-electron chi connectivity index (χ3n) is 7.45. The van der Waals surface area contributed by atoms with Crippen LogP contribution in [0.3, 0.4) is 0 Å². The van der Waals surface area contributed by atoms with Crippen LogP contribution in [0.5, 0.6) is 0 Å². The number of rotatable bonds is 5. The molecule has 4 heterocycles. The molecular formula is C28H22FN5O5. The van der Waals surface area contributed by atoms with Gasteiger partial charge in [-0.3, -0.25) is 19.3 Å². The van der Waals surface area contributed by atoms with Crippen molar-refractivity contribution >= 4 is 34.6 Å². The second kappa shape index (κ2) is 9.16. The Balaban J connectivity index is 1.35. The molecular weight excluding hydrogens is 505 g/mol. The zero-order chi connectivity index (χ0) is 27.4. The largest absolute Gasteiger partial charge is 0.477 e. The first-order chi connectivity index (χ1) is 18.8. The van der Waals surface area contributed by atoms with Crippen molar-refractivity contribution < 1.29 is 23.9 Å². The van der Waals surface area contributed by atoms with Crippen LogP contribution < -0.4 is 10.3 Å². The zero-order valence-electron chi connectivity index (χ0n) is 20.7. The fourth-order valence-electron chi connectivity index (χ4n) is 5.31. The van der Waals surface area contributed by atoms with E-state index in [2.05, 4.69) is 11.1 Å². The number of anilines is 1. The smallest absolute Gasteiger partial charge is 0.341 e. The molecule has 39 heavy (non-hydrogen) atoms. The van der Waals surface area contributed by atoms with Crippen molar-refractivity contribution in [2.45, 2.75) is 31.7 Å². The van der Waals surface area contributed by atoms with Crippen LogP contribution in [0.2, 0.25) is 0 Å². The second-order valence-electron chi connectivity index (χ2n) is 9.94. The maximum absolute atomic E-state index is 15.4. The molecule has 6 rings (SSSR count). The average Bonchev–Trinajstić information content (AvgIpc) is 3.75. The Labute approximate surface area is 221 Å². The number of halogens is 1. The van der Waals surface area contributed by atoms with Crippen molar-refractivity contribution in [3.05, 3.63) is 80.4 Å². The molecule has 0 atom stereocenters. The SMILES string of the molecule is N#C/C(CN1C(=O)c2ccccc2C1=O)=C1\CCCN(c2nc3c(cc2F)c(=O)c(C(=O)O)cn3C2CC2)C1. The summed E-state index contributed by atoms with van der Waals surface area (Å²) in [5.74, 6) is -3.08. The van der Waals surface area contributed by atoms with Crippen LogP contribution in [-0.4, -0.2) is 57.0 Å². The monoisotopic (exact) mass is 527 g/mol. The summed E-state index contributed by atoms with van der Waals surface area (Å²) in [6.07, 6.45) is 3.98. The van der Waals surface area contributed by atoms with E-state index in [1.165, 1.54) is 6.20 Å². The highest BCUT2D eigenvalue weighted by molar-refractivity contribution is 6.21. The zero-order valence-corrected chi connectivity index (χ0v) is 20.7. The second-order valence-corrected chi connectivity index (χ2v) is 9.94. The summed E-state index contributed by atoms with van der Waals surface area (Å²) in [7, 11) is 0. The number of fused-ring (bicyclic) bond motifs is 2. The van der Waals surface area contributed by atoms with Crippen molar-refractivity contribution in [2.75, 3.05) is 24.5 Å². The van der Waals surface area contributed by atoms with Crippen molar-refractivity contribution in [3.8, 4) is 6.07 Å². The predicted octanol–water partition coefficient (Wildman–Crippen LogP) is 3.29. The number of nitriles is 1. The highest BCUT2D eigenvalue weighted by Crippen LogP contribution is 2.37. The summed E-state index contributed by atoms with van der Waals surface area (Å²) in [5.41, 5.74) is 0.513. The van der Waals surface area contributed by atoms with Gasteiger partial charge in [-0.15, -0.1) is 0 Å². The molecule has 0 unspecified atom stereocenters. The van der Waals surface area contributed by atoms with E-state index < -0.39 is 34.6 Å². The summed E-state index contributed by atoms with van der Waals surface area (Å²) >= 11 is 0. The van der Waals surface area contributed by atoms with Crippen LogP contribution in [0.4, 0.5) is 10.2 Å². The number of carboxylic acid groups (broad SMARTS) is 1. The van der Waals surface area contributed by atoms with E-state index in [9.17, 15) is 29.5 Å². The molecule has 2 fully saturated rings. The summed E-state index contributed by atoms with van der Waals surface area (Å²) in [6, 6.07) is 9.65. The number of carbonyl (C=O) groups is 3. The Morgan fingerprint density at radius 2 is 1.85 bits per heavy atom. The van der Waals surface area contributed by atoms with Gasteiger partial charge in [0.1, 0.15) is 11.2 Å². The van der Waals surface area contributed by atoms with Crippen LogP contribution in [0, 0.1) is 17.1 Å². The molecule has 196 valence electrons. The lowest BCUT2D eigenvalue weighted by molar-refractivity contribution is 0.0663. The molecule has 10 nitrogen and oxygen atoms in total. The number of benzene rings is 1. The molecule has 1 aromatic carbocycles. The van der Waals surface area contributed by atoms with Crippen LogP contribution in [0.25, 0.3) is 11.0 Å². The number of piperidine rings is 1. The lowest BCUT2D eigenvalue weighted by Crippen LogP contribution is -2.36. The maximum Gasteiger partial charge on any atom is 0.341 e. The van der Waals surface area contributed by atoms with E-state index in [-0.39, 0.29) is 41.6 Å². The molecule has 0 bridgehead atoms. The Morgan fingerprint density at radius 3 is 2.46 bits per heavy atom. The number of imide groups is 1. The van der Waals surface area contributed by atoms with Crippen LogP contribution in [0.15, 0.2) is 52.5 Å². The number of hydrogen-bond acceptors (Lipinski definition) is 7. The number of carbonyl (C=O) groups excluding carboxylic acids is 2. The minimum atomic E-state index is -1.38. The molecule has 0 radical (unpaired) electrons.